The summed E-state index contributed by atoms with van der Waals surface area (Å²) in [6, 6.07) is 2.05. The van der Waals surface area contributed by atoms with Crippen LogP contribution in [0.25, 0.3) is 0 Å². The molecule has 0 atom stereocenters. The number of aromatic nitrogens is 1. The Morgan fingerprint density at radius 2 is 2.30 bits per heavy atom. The molecule has 0 spiro atoms. The van der Waals surface area contributed by atoms with Crippen LogP contribution in [0.4, 0.5) is 0 Å². The summed E-state index contributed by atoms with van der Waals surface area (Å²) in [4.78, 5) is 0. The monoisotopic (exact) mass is 265 g/mol. The number of hydrogen-bond donors (Lipinski definition) is 0. The molecule has 56 valence electrons. The Kier molecular flexibility index (Phi) is 3.49. The highest BCUT2D eigenvalue weighted by molar-refractivity contribution is 9.10. The number of halogens is 2. The van der Waals surface area contributed by atoms with Gasteiger partial charge in [0.05, 0.1) is 0 Å². The second-order valence-electron chi connectivity index (χ2n) is 2.11. The van der Waals surface area contributed by atoms with Crippen LogP contribution in [-0.2, 0) is 6.54 Å². The zero-order chi connectivity index (χ0) is 7.40. The maximum absolute atomic E-state index is 3.39. The minimum absolute atomic E-state index is 1.07. The molecule has 3 heteroatoms. The Labute approximate surface area is 77.7 Å². The Hall–Kier alpha value is 0.240. The SMILES string of the molecule is BrCCCn1ccc(Br)c1. The first kappa shape index (κ1) is 8.34. The molecule has 0 aliphatic carbocycles. The highest BCUT2D eigenvalue weighted by Gasteiger charge is 1.90. The average molecular weight is 267 g/mol. The lowest BCUT2D eigenvalue weighted by Gasteiger charge is -1.97. The lowest BCUT2D eigenvalue weighted by molar-refractivity contribution is 0.690. The van der Waals surface area contributed by atoms with E-state index in [9.17, 15) is 0 Å². The van der Waals surface area contributed by atoms with E-state index >= 15 is 0 Å². The summed E-state index contributed by atoms with van der Waals surface area (Å²) in [5.41, 5.74) is 0. The Balaban J connectivity index is 2.42. The van der Waals surface area contributed by atoms with Crippen molar-refractivity contribution in [3.63, 3.8) is 0 Å². The fourth-order valence-electron chi connectivity index (χ4n) is 0.793. The lowest BCUT2D eigenvalue weighted by Crippen LogP contribution is -1.93. The molecular formula is C7H9Br2N. The summed E-state index contributed by atoms with van der Waals surface area (Å²) < 4.78 is 3.33. The third kappa shape index (κ3) is 2.46. The maximum Gasteiger partial charge on any atom is 0.0351 e. The van der Waals surface area contributed by atoms with Crippen molar-refractivity contribution in [2.24, 2.45) is 0 Å². The fraction of sp³-hybridized carbons (Fsp3) is 0.429. The molecule has 0 fully saturated rings. The van der Waals surface area contributed by atoms with Gasteiger partial charge in [0.2, 0.25) is 0 Å². The maximum atomic E-state index is 3.39. The van der Waals surface area contributed by atoms with Gasteiger partial charge in [0.15, 0.2) is 0 Å². The molecule has 0 radical (unpaired) electrons. The zero-order valence-electron chi connectivity index (χ0n) is 5.56. The lowest BCUT2D eigenvalue weighted by atomic mass is 10.5. The van der Waals surface area contributed by atoms with Crippen LogP contribution < -0.4 is 0 Å². The van der Waals surface area contributed by atoms with Crippen molar-refractivity contribution >= 4 is 31.9 Å². The summed E-state index contributed by atoms with van der Waals surface area (Å²) in [7, 11) is 0. The first-order chi connectivity index (χ1) is 4.83. The molecule has 0 unspecified atom stereocenters. The van der Waals surface area contributed by atoms with Crippen molar-refractivity contribution in [1.29, 1.82) is 0 Å². The third-order valence-corrected chi connectivity index (χ3v) is 2.29. The molecule has 0 saturated carbocycles. The molecule has 1 aromatic heterocycles. The van der Waals surface area contributed by atoms with Crippen molar-refractivity contribution in [2.75, 3.05) is 5.33 Å². The van der Waals surface area contributed by atoms with Crippen LogP contribution in [0.5, 0.6) is 0 Å². The molecule has 0 aliphatic rings. The fourth-order valence-corrected chi connectivity index (χ4v) is 1.42. The van der Waals surface area contributed by atoms with E-state index in [-0.39, 0.29) is 0 Å². The van der Waals surface area contributed by atoms with E-state index in [4.69, 9.17) is 0 Å². The smallest absolute Gasteiger partial charge is 0.0351 e. The van der Waals surface area contributed by atoms with E-state index in [1.807, 2.05) is 6.07 Å². The van der Waals surface area contributed by atoms with Crippen LogP contribution in [0, 0.1) is 0 Å². The van der Waals surface area contributed by atoms with Crippen molar-refractivity contribution in [3.05, 3.63) is 22.9 Å². The van der Waals surface area contributed by atoms with Gasteiger partial charge in [-0.2, -0.15) is 0 Å². The van der Waals surface area contributed by atoms with Crippen molar-refractivity contribution in [1.82, 2.24) is 4.57 Å². The highest BCUT2D eigenvalue weighted by Crippen LogP contribution is 2.09. The molecule has 0 bridgehead atoms. The number of hydrogen-bond acceptors (Lipinski definition) is 0. The van der Waals surface area contributed by atoms with Crippen LogP contribution in [0.1, 0.15) is 6.42 Å². The van der Waals surface area contributed by atoms with E-state index in [0.717, 1.165) is 16.3 Å². The van der Waals surface area contributed by atoms with Crippen LogP contribution in [0.2, 0.25) is 0 Å². The van der Waals surface area contributed by atoms with Gasteiger partial charge in [-0.25, -0.2) is 0 Å². The minimum Gasteiger partial charge on any atom is -0.353 e. The number of alkyl halides is 1. The number of aryl methyl sites for hydroxylation is 1. The van der Waals surface area contributed by atoms with Crippen LogP contribution in [0.3, 0.4) is 0 Å². The summed E-state index contributed by atoms with van der Waals surface area (Å²) in [6.45, 7) is 1.09. The van der Waals surface area contributed by atoms with E-state index in [2.05, 4.69) is 48.8 Å². The second-order valence-corrected chi connectivity index (χ2v) is 3.82. The topological polar surface area (TPSA) is 4.93 Å². The van der Waals surface area contributed by atoms with Gasteiger partial charge in [0.1, 0.15) is 0 Å². The Morgan fingerprint density at radius 3 is 2.80 bits per heavy atom. The van der Waals surface area contributed by atoms with Gasteiger partial charge in [0, 0.05) is 28.7 Å². The summed E-state index contributed by atoms with van der Waals surface area (Å²) in [5.74, 6) is 0. The van der Waals surface area contributed by atoms with E-state index in [1.165, 1.54) is 6.42 Å². The predicted molar refractivity (Wildman–Crippen MR) is 50.5 cm³/mol. The highest BCUT2D eigenvalue weighted by atomic mass is 79.9. The summed E-state index contributed by atoms with van der Waals surface area (Å²) in [6.07, 6.45) is 5.34. The quantitative estimate of drug-likeness (QED) is 0.742. The third-order valence-electron chi connectivity index (χ3n) is 1.26. The van der Waals surface area contributed by atoms with Gasteiger partial charge in [-0.1, -0.05) is 15.9 Å². The summed E-state index contributed by atoms with van der Waals surface area (Å²) in [5, 5.41) is 1.07. The van der Waals surface area contributed by atoms with Crippen LogP contribution >= 0.6 is 31.9 Å². The number of rotatable bonds is 3. The van der Waals surface area contributed by atoms with Gasteiger partial charge >= 0.3 is 0 Å². The minimum atomic E-state index is 1.07. The normalized spacial score (nSPS) is 10.2. The van der Waals surface area contributed by atoms with E-state index in [1.54, 1.807) is 0 Å². The molecule has 0 saturated heterocycles. The molecule has 0 amide bonds. The molecule has 0 aromatic carbocycles. The predicted octanol–water partition coefficient (Wildman–Crippen LogP) is 3.04. The Morgan fingerprint density at radius 1 is 1.50 bits per heavy atom. The molecular weight excluding hydrogens is 258 g/mol. The van der Waals surface area contributed by atoms with Gasteiger partial charge in [0.25, 0.3) is 0 Å². The molecule has 0 N–H and O–H groups in total. The molecule has 10 heavy (non-hydrogen) atoms. The van der Waals surface area contributed by atoms with E-state index < -0.39 is 0 Å². The molecule has 0 aliphatic heterocycles. The molecule has 1 heterocycles. The largest absolute Gasteiger partial charge is 0.353 e. The molecule has 1 rings (SSSR count). The van der Waals surface area contributed by atoms with Gasteiger partial charge < -0.3 is 4.57 Å². The first-order valence-electron chi connectivity index (χ1n) is 3.20. The van der Waals surface area contributed by atoms with Crippen LogP contribution in [-0.4, -0.2) is 9.90 Å². The Bertz CT molecular complexity index is 195. The standard InChI is InChI=1S/C7H9Br2N/c8-3-1-4-10-5-2-7(9)6-10/h2,5-6H,1,3-4H2. The average Bonchev–Trinajstić information content (AvgIpc) is 2.31. The molecule has 1 aromatic rings. The number of nitrogens with zero attached hydrogens (tertiary/aromatic N) is 1. The zero-order valence-corrected chi connectivity index (χ0v) is 8.73. The van der Waals surface area contributed by atoms with Crippen molar-refractivity contribution < 1.29 is 0 Å². The van der Waals surface area contributed by atoms with Crippen LogP contribution in [0.15, 0.2) is 22.9 Å². The second kappa shape index (κ2) is 4.19. The summed E-state index contributed by atoms with van der Waals surface area (Å²) >= 11 is 6.78. The van der Waals surface area contributed by atoms with Gasteiger partial charge in [-0.15, -0.1) is 0 Å². The van der Waals surface area contributed by atoms with Crippen molar-refractivity contribution in [2.45, 2.75) is 13.0 Å². The van der Waals surface area contributed by atoms with Gasteiger partial charge in [-0.3, -0.25) is 0 Å². The molecule has 1 nitrogen and oxygen atoms in total. The van der Waals surface area contributed by atoms with Gasteiger partial charge in [-0.05, 0) is 28.4 Å². The van der Waals surface area contributed by atoms with E-state index in [0.29, 0.717) is 0 Å². The first-order valence-corrected chi connectivity index (χ1v) is 5.11. The van der Waals surface area contributed by atoms with Crippen molar-refractivity contribution in [3.8, 4) is 0 Å².